The number of unbranched alkanes of at least 4 members (excludes halogenated alkanes) is 2. The first-order valence-corrected chi connectivity index (χ1v) is 18.5. The number of carbonyl (C=O) groups excluding carboxylic acids is 4. The van der Waals surface area contributed by atoms with Crippen molar-refractivity contribution in [1.29, 1.82) is 0 Å². The number of hydrogen-bond donors (Lipinski definition) is 4. The molecule has 0 atom stereocenters. The molecule has 0 saturated carbocycles. The zero-order chi connectivity index (χ0) is 40.7. The Balaban J connectivity index is 0.000000190. The molecule has 0 radical (unpaired) electrons. The Morgan fingerprint density at radius 1 is 0.661 bits per heavy atom. The third-order valence-corrected chi connectivity index (χ3v) is 10.7. The van der Waals surface area contributed by atoms with Crippen molar-refractivity contribution in [1.82, 2.24) is 20.1 Å². The summed E-state index contributed by atoms with van der Waals surface area (Å²) in [6.07, 6.45) is 4.08. The summed E-state index contributed by atoms with van der Waals surface area (Å²) in [5.41, 5.74) is 6.84. The fourth-order valence-electron chi connectivity index (χ4n) is 8.13. The van der Waals surface area contributed by atoms with Crippen LogP contribution in [0.2, 0.25) is 0 Å². The van der Waals surface area contributed by atoms with Crippen LogP contribution in [-0.4, -0.2) is 42.9 Å². The van der Waals surface area contributed by atoms with Gasteiger partial charge in [-0.25, -0.2) is 28.5 Å². The van der Waals surface area contributed by atoms with Crippen LogP contribution in [0, 0.1) is 34.1 Å². The van der Waals surface area contributed by atoms with E-state index in [0.717, 1.165) is 36.2 Å². The quantitative estimate of drug-likeness (QED) is 0.0513. The predicted octanol–water partition coefficient (Wildman–Crippen LogP) is 8.38. The van der Waals surface area contributed by atoms with E-state index in [1.54, 1.807) is 35.2 Å². The summed E-state index contributed by atoms with van der Waals surface area (Å²) in [7, 11) is 0. The van der Waals surface area contributed by atoms with E-state index in [-0.39, 0.29) is 51.6 Å². The standard InChI is InChI=1S/C22H20F2N2O3.C20H24F2N2O3/c1-22(2)9-16-18(17(27)10-22)19-15(8-7-14(23)20(19)24)26(16)11-12-3-5-13(6-4-12)21(28)25-29;1-20(2)10-14-17(15(25)11-20)18-13(8-7-12(21)19(18)22)24(14)9-5-3-4-6-16(26)23-27/h3-8,29H,9-11H2,1-2H3,(H,25,28);7-8,27H,3-6,9-11H2,1-2H3,(H,23,26). The van der Waals surface area contributed by atoms with Gasteiger partial charge in [0.25, 0.3) is 5.91 Å². The van der Waals surface area contributed by atoms with Crippen molar-refractivity contribution in [3.05, 3.63) is 105 Å². The minimum atomic E-state index is -1.000. The fraction of sp³-hybridized carbons (Fsp3) is 0.381. The number of hydrogen-bond acceptors (Lipinski definition) is 6. The molecular weight excluding hydrogens is 732 g/mol. The summed E-state index contributed by atoms with van der Waals surface area (Å²) in [6, 6.07) is 11.8. The Bertz CT molecular complexity index is 2380. The van der Waals surface area contributed by atoms with E-state index >= 15 is 0 Å². The van der Waals surface area contributed by atoms with Crippen molar-refractivity contribution < 1.29 is 47.2 Å². The second kappa shape index (κ2) is 15.7. The van der Waals surface area contributed by atoms with E-state index in [4.69, 9.17) is 10.4 Å². The van der Waals surface area contributed by atoms with Gasteiger partial charge in [0.2, 0.25) is 5.91 Å². The molecule has 2 aliphatic carbocycles. The summed E-state index contributed by atoms with van der Waals surface area (Å²) >= 11 is 0. The Hall–Kier alpha value is -5.34. The first-order valence-electron chi connectivity index (χ1n) is 18.5. The Morgan fingerprint density at radius 2 is 1.16 bits per heavy atom. The van der Waals surface area contributed by atoms with Gasteiger partial charge in [-0.3, -0.25) is 29.6 Å². The van der Waals surface area contributed by atoms with Gasteiger partial charge < -0.3 is 9.13 Å². The van der Waals surface area contributed by atoms with Gasteiger partial charge in [-0.1, -0.05) is 46.2 Å². The molecule has 7 rings (SSSR count). The van der Waals surface area contributed by atoms with Crippen LogP contribution in [0.5, 0.6) is 0 Å². The average Bonchev–Trinajstić information content (AvgIpc) is 3.62. The van der Waals surface area contributed by atoms with Crippen LogP contribution >= 0.6 is 0 Å². The van der Waals surface area contributed by atoms with Crippen LogP contribution in [0.1, 0.15) is 114 Å². The summed E-state index contributed by atoms with van der Waals surface area (Å²) in [4.78, 5) is 48.1. The van der Waals surface area contributed by atoms with Crippen LogP contribution in [-0.2, 0) is 30.7 Å². The average molecular weight is 777 g/mol. The summed E-state index contributed by atoms with van der Waals surface area (Å²) in [5, 5.41) is 17.4. The van der Waals surface area contributed by atoms with Crippen molar-refractivity contribution in [2.45, 2.75) is 92.2 Å². The highest BCUT2D eigenvalue weighted by Gasteiger charge is 2.38. The van der Waals surface area contributed by atoms with Gasteiger partial charge >= 0.3 is 0 Å². The lowest BCUT2D eigenvalue weighted by atomic mass is 9.75. The smallest absolute Gasteiger partial charge is 0.274 e. The molecule has 0 fully saturated rings. The zero-order valence-corrected chi connectivity index (χ0v) is 31.6. The highest BCUT2D eigenvalue weighted by Crippen LogP contribution is 2.43. The molecule has 0 spiro atoms. The predicted molar refractivity (Wildman–Crippen MR) is 200 cm³/mol. The van der Waals surface area contributed by atoms with Crippen LogP contribution in [0.15, 0.2) is 48.5 Å². The molecular formula is C42H44F4N4O6. The fourth-order valence-corrected chi connectivity index (χ4v) is 8.13. The topological polar surface area (TPSA) is 143 Å². The number of Topliss-reactive ketones (excluding diaryl/α,β-unsaturated/α-hetero) is 2. The minimum Gasteiger partial charge on any atom is -0.344 e. The van der Waals surface area contributed by atoms with Gasteiger partial charge in [0.05, 0.1) is 11.0 Å². The Kier molecular flexibility index (Phi) is 11.3. The molecule has 0 aliphatic heterocycles. The first kappa shape index (κ1) is 40.3. The number of halogens is 4. The lowest BCUT2D eigenvalue weighted by Gasteiger charge is -2.30. The highest BCUT2D eigenvalue weighted by atomic mass is 19.2. The SMILES string of the molecule is CC1(C)CC(=O)c2c(n(CCCCCC(=O)NO)c3ccc(F)c(F)c23)C1.CC1(C)CC(=O)c2c(n(Cc3ccc(C(=O)NO)cc3)c3ccc(F)c(F)c23)C1. The number of benzene rings is 3. The van der Waals surface area contributed by atoms with Crippen LogP contribution < -0.4 is 11.0 Å². The number of amides is 2. The maximum absolute atomic E-state index is 14.7. The van der Waals surface area contributed by atoms with E-state index in [1.807, 2.05) is 36.8 Å². The first-order chi connectivity index (χ1) is 26.5. The van der Waals surface area contributed by atoms with Gasteiger partial charge in [0.1, 0.15) is 0 Å². The Labute approximate surface area is 320 Å². The van der Waals surface area contributed by atoms with Crippen molar-refractivity contribution in [3.8, 4) is 0 Å². The van der Waals surface area contributed by atoms with Gasteiger partial charge in [-0.15, -0.1) is 0 Å². The summed E-state index contributed by atoms with van der Waals surface area (Å²) in [6.45, 7) is 8.85. The maximum Gasteiger partial charge on any atom is 0.274 e. The lowest BCUT2D eigenvalue weighted by Crippen LogP contribution is -2.28. The second-order valence-corrected chi connectivity index (χ2v) is 16.3. The molecule has 0 saturated heterocycles. The molecule has 14 heteroatoms. The third kappa shape index (κ3) is 7.85. The van der Waals surface area contributed by atoms with Gasteiger partial charge in [-0.2, -0.15) is 0 Å². The number of fused-ring (bicyclic) bond motifs is 6. The number of aromatic nitrogens is 2. The number of nitrogens with zero attached hydrogens (tertiary/aromatic N) is 2. The van der Waals surface area contributed by atoms with Gasteiger partial charge in [-0.05, 0) is 78.5 Å². The maximum atomic E-state index is 14.7. The molecule has 5 aromatic rings. The molecule has 10 nitrogen and oxygen atoms in total. The van der Waals surface area contributed by atoms with E-state index in [0.29, 0.717) is 66.6 Å². The third-order valence-electron chi connectivity index (χ3n) is 10.7. The molecule has 2 amide bonds. The molecule has 0 bridgehead atoms. The second-order valence-electron chi connectivity index (χ2n) is 16.3. The monoisotopic (exact) mass is 776 g/mol. The van der Waals surface area contributed by atoms with E-state index in [9.17, 15) is 36.7 Å². The van der Waals surface area contributed by atoms with Gasteiger partial charge in [0.15, 0.2) is 34.8 Å². The molecule has 2 aliphatic rings. The van der Waals surface area contributed by atoms with Crippen molar-refractivity contribution in [2.75, 3.05) is 0 Å². The Morgan fingerprint density at radius 3 is 1.66 bits per heavy atom. The molecule has 2 heterocycles. The number of ketones is 2. The summed E-state index contributed by atoms with van der Waals surface area (Å²) < 4.78 is 60.7. The molecule has 56 heavy (non-hydrogen) atoms. The van der Waals surface area contributed by atoms with E-state index in [2.05, 4.69) is 0 Å². The molecule has 0 unspecified atom stereocenters. The number of hydroxylamine groups is 2. The number of rotatable bonds is 9. The van der Waals surface area contributed by atoms with Crippen LogP contribution in [0.25, 0.3) is 21.8 Å². The molecule has 4 N–H and O–H groups in total. The normalized spacial score (nSPS) is 15.6. The summed E-state index contributed by atoms with van der Waals surface area (Å²) in [5.74, 6) is -5.26. The van der Waals surface area contributed by atoms with E-state index in [1.165, 1.54) is 12.1 Å². The number of carbonyl (C=O) groups is 4. The molecule has 2 aromatic heterocycles. The van der Waals surface area contributed by atoms with E-state index < -0.39 is 35.1 Å². The highest BCUT2D eigenvalue weighted by molar-refractivity contribution is 6.11. The largest absolute Gasteiger partial charge is 0.344 e. The molecule has 296 valence electrons. The van der Waals surface area contributed by atoms with Crippen LogP contribution in [0.3, 0.4) is 0 Å². The van der Waals surface area contributed by atoms with Gasteiger partial charge in [0, 0.05) is 71.2 Å². The zero-order valence-electron chi connectivity index (χ0n) is 31.6. The molecule has 3 aromatic carbocycles. The van der Waals surface area contributed by atoms with Crippen molar-refractivity contribution in [2.24, 2.45) is 10.8 Å². The number of nitrogens with one attached hydrogen (secondary N) is 2. The number of aryl methyl sites for hydroxylation is 1. The van der Waals surface area contributed by atoms with Crippen molar-refractivity contribution in [3.63, 3.8) is 0 Å². The van der Waals surface area contributed by atoms with Crippen LogP contribution in [0.4, 0.5) is 17.6 Å². The lowest BCUT2D eigenvalue weighted by molar-refractivity contribution is -0.129. The van der Waals surface area contributed by atoms with Crippen molar-refractivity contribution >= 4 is 45.2 Å². The minimum absolute atomic E-state index is 0.0387.